The van der Waals surface area contributed by atoms with E-state index in [9.17, 15) is 4.79 Å². The van der Waals surface area contributed by atoms with Crippen molar-refractivity contribution in [3.8, 4) is 0 Å². The molecule has 0 saturated carbocycles. The molecule has 0 unspecified atom stereocenters. The van der Waals surface area contributed by atoms with Crippen LogP contribution in [0.5, 0.6) is 0 Å². The maximum absolute atomic E-state index is 11.5. The average Bonchev–Trinajstić information content (AvgIpc) is 2.30. The van der Waals surface area contributed by atoms with Gasteiger partial charge in [-0.05, 0) is 29.9 Å². The number of aromatic nitrogens is 2. The molecular weight excluding hydrogens is 220 g/mol. The number of nitrogens with zero attached hydrogens (tertiary/aromatic N) is 1. The normalized spacial score (nSPS) is 11.3. The number of hydrogen-bond donors (Lipinski definition) is 2. The molecule has 2 rings (SSSR count). The van der Waals surface area contributed by atoms with Crippen LogP contribution in [-0.4, -0.2) is 15.7 Å². The Labute approximate surface area is 98.6 Å². The van der Waals surface area contributed by atoms with E-state index in [0.29, 0.717) is 5.39 Å². The number of aromatic amines is 1. The highest BCUT2D eigenvalue weighted by atomic mass is 32.1. The summed E-state index contributed by atoms with van der Waals surface area (Å²) >= 11 is 4.13. The quantitative estimate of drug-likeness (QED) is 0.797. The minimum absolute atomic E-state index is 0.102. The molecule has 1 aromatic carbocycles. The van der Waals surface area contributed by atoms with Crippen LogP contribution in [0.2, 0.25) is 0 Å². The minimum atomic E-state index is -0.102. The maximum atomic E-state index is 11.5. The van der Waals surface area contributed by atoms with E-state index in [1.807, 2.05) is 30.4 Å². The zero-order valence-corrected chi connectivity index (χ0v) is 9.58. The molecule has 0 aliphatic heterocycles. The average molecular weight is 232 g/mol. The number of nitrogens with one attached hydrogen (secondary N) is 1. The number of benzene rings is 1. The Kier molecular flexibility index (Phi) is 3.41. The largest absolute Gasteiger partial charge is 0.313 e. The Morgan fingerprint density at radius 1 is 1.44 bits per heavy atom. The number of H-pyrrole nitrogens is 1. The molecule has 3 nitrogen and oxygen atoms in total. The molecule has 0 radical (unpaired) electrons. The van der Waals surface area contributed by atoms with Gasteiger partial charge in [0.05, 0.1) is 17.2 Å². The molecule has 0 spiro atoms. The van der Waals surface area contributed by atoms with Gasteiger partial charge in [-0.2, -0.15) is 12.6 Å². The van der Waals surface area contributed by atoms with E-state index in [1.54, 1.807) is 0 Å². The third-order valence-electron chi connectivity index (χ3n) is 2.27. The van der Waals surface area contributed by atoms with Crippen molar-refractivity contribution in [2.75, 3.05) is 5.75 Å². The third kappa shape index (κ3) is 2.33. The third-order valence-corrected chi connectivity index (χ3v) is 2.53. The molecule has 0 aliphatic carbocycles. The second-order valence-electron chi connectivity index (χ2n) is 3.42. The Bertz CT molecular complexity index is 574. The molecule has 82 valence electrons. The van der Waals surface area contributed by atoms with E-state index in [0.717, 1.165) is 23.3 Å². The standard InChI is InChI=1S/C12H12N2OS/c15-12-10-7-9(3-1-2-6-16)4-5-11(10)13-8-14-12/h1,3-5,7-8,16H,2,6H2,(H,13,14,15). The number of allylic oxidation sites excluding steroid dienone is 1. The van der Waals surface area contributed by atoms with Gasteiger partial charge in [-0.15, -0.1) is 0 Å². The van der Waals surface area contributed by atoms with Gasteiger partial charge in [-0.3, -0.25) is 4.79 Å². The van der Waals surface area contributed by atoms with Crippen LogP contribution >= 0.6 is 12.6 Å². The maximum Gasteiger partial charge on any atom is 0.258 e. The lowest BCUT2D eigenvalue weighted by atomic mass is 10.1. The van der Waals surface area contributed by atoms with E-state index in [1.165, 1.54) is 6.33 Å². The number of thiol groups is 1. The fourth-order valence-corrected chi connectivity index (χ4v) is 1.63. The van der Waals surface area contributed by atoms with Crippen LogP contribution in [0.4, 0.5) is 0 Å². The number of rotatable bonds is 3. The first-order valence-corrected chi connectivity index (χ1v) is 5.69. The molecule has 16 heavy (non-hydrogen) atoms. The van der Waals surface area contributed by atoms with Crippen molar-refractivity contribution in [2.45, 2.75) is 6.42 Å². The van der Waals surface area contributed by atoms with Gasteiger partial charge in [0.25, 0.3) is 5.56 Å². The van der Waals surface area contributed by atoms with Crippen molar-refractivity contribution in [1.82, 2.24) is 9.97 Å². The summed E-state index contributed by atoms with van der Waals surface area (Å²) in [6.07, 6.45) is 6.37. The van der Waals surface area contributed by atoms with E-state index in [2.05, 4.69) is 22.6 Å². The van der Waals surface area contributed by atoms with Crippen LogP contribution in [0.15, 0.2) is 35.4 Å². The summed E-state index contributed by atoms with van der Waals surface area (Å²) in [4.78, 5) is 18.2. The second kappa shape index (κ2) is 4.99. The second-order valence-corrected chi connectivity index (χ2v) is 3.87. The minimum Gasteiger partial charge on any atom is -0.313 e. The van der Waals surface area contributed by atoms with Gasteiger partial charge in [-0.25, -0.2) is 4.98 Å². The molecule has 2 aromatic rings. The van der Waals surface area contributed by atoms with E-state index < -0.39 is 0 Å². The van der Waals surface area contributed by atoms with E-state index in [4.69, 9.17) is 0 Å². The van der Waals surface area contributed by atoms with Crippen molar-refractivity contribution in [1.29, 1.82) is 0 Å². The van der Waals surface area contributed by atoms with Crippen LogP contribution in [0.1, 0.15) is 12.0 Å². The summed E-state index contributed by atoms with van der Waals surface area (Å²) in [6, 6.07) is 5.64. The molecule has 0 amide bonds. The van der Waals surface area contributed by atoms with Gasteiger partial charge >= 0.3 is 0 Å². The molecule has 0 atom stereocenters. The molecule has 0 aliphatic rings. The first kappa shape index (κ1) is 11.0. The molecule has 0 bridgehead atoms. The summed E-state index contributed by atoms with van der Waals surface area (Å²) in [5.41, 5.74) is 1.62. The van der Waals surface area contributed by atoms with Crippen LogP contribution in [0.25, 0.3) is 17.0 Å². The molecule has 0 saturated heterocycles. The van der Waals surface area contributed by atoms with Gasteiger partial charge in [0.2, 0.25) is 0 Å². The summed E-state index contributed by atoms with van der Waals surface area (Å²) in [5.74, 6) is 0.826. The van der Waals surface area contributed by atoms with Gasteiger partial charge in [0.15, 0.2) is 0 Å². The van der Waals surface area contributed by atoms with Gasteiger partial charge in [0, 0.05) is 0 Å². The van der Waals surface area contributed by atoms with Crippen molar-refractivity contribution in [3.05, 3.63) is 46.5 Å². The Balaban J connectivity index is 2.43. The zero-order valence-electron chi connectivity index (χ0n) is 8.68. The SMILES string of the molecule is O=c1[nH]cnc2ccc(C=CCCS)cc12. The van der Waals surface area contributed by atoms with E-state index >= 15 is 0 Å². The van der Waals surface area contributed by atoms with Crippen LogP contribution in [0, 0.1) is 0 Å². The van der Waals surface area contributed by atoms with Crippen LogP contribution in [-0.2, 0) is 0 Å². The van der Waals surface area contributed by atoms with Crippen LogP contribution in [0.3, 0.4) is 0 Å². The zero-order chi connectivity index (χ0) is 11.4. The number of fused-ring (bicyclic) bond motifs is 1. The summed E-state index contributed by atoms with van der Waals surface area (Å²) in [5, 5.41) is 0.621. The summed E-state index contributed by atoms with van der Waals surface area (Å²) in [7, 11) is 0. The highest BCUT2D eigenvalue weighted by Crippen LogP contribution is 2.11. The topological polar surface area (TPSA) is 45.8 Å². The summed E-state index contributed by atoms with van der Waals surface area (Å²) in [6.45, 7) is 0. The molecule has 1 heterocycles. The highest BCUT2D eigenvalue weighted by Gasteiger charge is 1.98. The molecule has 0 fully saturated rings. The highest BCUT2D eigenvalue weighted by molar-refractivity contribution is 7.80. The first-order valence-electron chi connectivity index (χ1n) is 5.06. The van der Waals surface area contributed by atoms with Crippen molar-refractivity contribution >= 4 is 29.6 Å². The first-order chi connectivity index (χ1) is 7.81. The molecule has 1 aromatic heterocycles. The van der Waals surface area contributed by atoms with Crippen molar-refractivity contribution < 1.29 is 0 Å². The van der Waals surface area contributed by atoms with Crippen LogP contribution < -0.4 is 5.56 Å². The van der Waals surface area contributed by atoms with Crippen molar-refractivity contribution in [3.63, 3.8) is 0 Å². The Hall–Kier alpha value is -1.55. The van der Waals surface area contributed by atoms with Gasteiger partial charge < -0.3 is 4.98 Å². The Morgan fingerprint density at radius 2 is 2.31 bits per heavy atom. The van der Waals surface area contributed by atoms with Crippen molar-refractivity contribution in [2.24, 2.45) is 0 Å². The molecule has 1 N–H and O–H groups in total. The lowest BCUT2D eigenvalue weighted by Crippen LogP contribution is -2.05. The van der Waals surface area contributed by atoms with E-state index in [-0.39, 0.29) is 5.56 Å². The lowest BCUT2D eigenvalue weighted by Gasteiger charge is -1.97. The summed E-state index contributed by atoms with van der Waals surface area (Å²) < 4.78 is 0. The molecule has 4 heteroatoms. The molecular formula is C12H12N2OS. The predicted molar refractivity (Wildman–Crippen MR) is 69.9 cm³/mol. The van der Waals surface area contributed by atoms with Gasteiger partial charge in [-0.1, -0.05) is 18.2 Å². The fourth-order valence-electron chi connectivity index (χ4n) is 1.48. The lowest BCUT2D eigenvalue weighted by molar-refractivity contribution is 1.17. The fraction of sp³-hybridized carbons (Fsp3) is 0.167. The Morgan fingerprint density at radius 3 is 3.12 bits per heavy atom. The van der Waals surface area contributed by atoms with Gasteiger partial charge in [0.1, 0.15) is 0 Å². The monoisotopic (exact) mass is 232 g/mol. The predicted octanol–water partition coefficient (Wildman–Crippen LogP) is 2.26. The number of hydrogen-bond acceptors (Lipinski definition) is 3. The smallest absolute Gasteiger partial charge is 0.258 e.